The molecular weight excluding hydrogens is 243 g/mol. The zero-order valence-electron chi connectivity index (χ0n) is 7.97. The van der Waals surface area contributed by atoms with E-state index in [1.54, 1.807) is 7.11 Å². The predicted octanol–water partition coefficient (Wildman–Crippen LogP) is 1.69. The van der Waals surface area contributed by atoms with Gasteiger partial charge >= 0.3 is 89.8 Å². The molecule has 0 spiro atoms. The van der Waals surface area contributed by atoms with Gasteiger partial charge in [-0.25, -0.2) is 0 Å². The minimum atomic E-state index is -0.111. The van der Waals surface area contributed by atoms with Crippen LogP contribution in [0.2, 0.25) is 0 Å². The fourth-order valence-corrected chi connectivity index (χ4v) is 2.08. The fourth-order valence-electron chi connectivity index (χ4n) is 0.888. The summed E-state index contributed by atoms with van der Waals surface area (Å²) in [7, 11) is 1.64. The van der Waals surface area contributed by atoms with Gasteiger partial charge in [0.1, 0.15) is 0 Å². The third-order valence-corrected chi connectivity index (χ3v) is 3.18. The van der Waals surface area contributed by atoms with Gasteiger partial charge in [-0.3, -0.25) is 0 Å². The summed E-state index contributed by atoms with van der Waals surface area (Å²) in [6, 6.07) is 9.34. The summed E-state index contributed by atoms with van der Waals surface area (Å²) >= 11 is -0.111. The summed E-state index contributed by atoms with van der Waals surface area (Å²) < 4.78 is 5.04. The molecule has 0 amide bonds. The second-order valence-electron chi connectivity index (χ2n) is 2.60. The first-order valence-electron chi connectivity index (χ1n) is 4.24. The molecule has 3 heteroatoms. The van der Waals surface area contributed by atoms with Crippen molar-refractivity contribution in [2.75, 3.05) is 13.7 Å². The van der Waals surface area contributed by atoms with Gasteiger partial charge in [0.05, 0.1) is 0 Å². The molecule has 0 saturated heterocycles. The van der Waals surface area contributed by atoms with Gasteiger partial charge in [0, 0.05) is 0 Å². The second-order valence-corrected chi connectivity index (χ2v) is 4.44. The van der Waals surface area contributed by atoms with Crippen molar-refractivity contribution in [2.24, 2.45) is 0 Å². The van der Waals surface area contributed by atoms with Gasteiger partial charge in [-0.1, -0.05) is 0 Å². The minimum absolute atomic E-state index is 0.111. The number of benzene rings is 1. The first-order chi connectivity index (χ1) is 6.84. The molecule has 1 aromatic rings. The first-order valence-corrected chi connectivity index (χ1v) is 6.09. The van der Waals surface area contributed by atoms with Crippen LogP contribution in [0.25, 0.3) is 0 Å². The van der Waals surface area contributed by atoms with E-state index in [-0.39, 0.29) is 19.6 Å². The van der Waals surface area contributed by atoms with Crippen LogP contribution in [0.1, 0.15) is 10.4 Å². The first kappa shape index (κ1) is 11.2. The summed E-state index contributed by atoms with van der Waals surface area (Å²) in [5.74, 6) is 0. The van der Waals surface area contributed by atoms with Crippen LogP contribution in [-0.4, -0.2) is 33.4 Å². The van der Waals surface area contributed by atoms with E-state index in [1.807, 2.05) is 41.4 Å². The molecule has 0 aliphatic rings. The molecule has 0 saturated carbocycles. The van der Waals surface area contributed by atoms with E-state index in [9.17, 15) is 4.79 Å². The summed E-state index contributed by atoms with van der Waals surface area (Å²) in [6.45, 7) is 0.573. The van der Waals surface area contributed by atoms with Crippen LogP contribution in [0.5, 0.6) is 0 Å². The van der Waals surface area contributed by atoms with Crippen molar-refractivity contribution in [3.8, 4) is 0 Å². The Bertz CT molecular complexity index is 306. The summed E-state index contributed by atoms with van der Waals surface area (Å²) in [5, 5.41) is 0. The van der Waals surface area contributed by atoms with Crippen molar-refractivity contribution in [3.05, 3.63) is 46.9 Å². The Morgan fingerprint density at radius 3 is 2.79 bits per heavy atom. The topological polar surface area (TPSA) is 26.3 Å². The van der Waals surface area contributed by atoms with Gasteiger partial charge in [-0.2, -0.15) is 0 Å². The normalized spacial score (nSPS) is 10.6. The van der Waals surface area contributed by atoms with Gasteiger partial charge in [0.15, 0.2) is 0 Å². The Morgan fingerprint density at radius 1 is 1.43 bits per heavy atom. The maximum absolute atomic E-state index is 11.5. The van der Waals surface area contributed by atoms with E-state index < -0.39 is 0 Å². The molecule has 2 nitrogen and oxygen atoms in total. The second kappa shape index (κ2) is 6.55. The van der Waals surface area contributed by atoms with Crippen LogP contribution in [0, 0.1) is 0 Å². The average molecular weight is 255 g/mol. The molecule has 0 aliphatic heterocycles. The van der Waals surface area contributed by atoms with E-state index in [2.05, 4.69) is 0 Å². The fraction of sp³-hybridized carbons (Fsp3) is 0.182. The number of rotatable bonds is 5. The molecule has 14 heavy (non-hydrogen) atoms. The molecule has 0 heterocycles. The van der Waals surface area contributed by atoms with Crippen LogP contribution in [0.15, 0.2) is 41.4 Å². The van der Waals surface area contributed by atoms with E-state index in [4.69, 9.17) is 4.74 Å². The van der Waals surface area contributed by atoms with E-state index in [0.29, 0.717) is 6.61 Å². The number of hydrogen-bond acceptors (Lipinski definition) is 2. The third kappa shape index (κ3) is 3.88. The number of ether oxygens (including phenoxy) is 1. The molecule has 0 aromatic heterocycles. The molecule has 0 N–H and O–H groups in total. The van der Waals surface area contributed by atoms with Gasteiger partial charge in [0.2, 0.25) is 0 Å². The summed E-state index contributed by atoms with van der Waals surface area (Å²) in [6.07, 6.45) is 1.88. The Balaban J connectivity index is 2.44. The van der Waals surface area contributed by atoms with Crippen molar-refractivity contribution >= 4 is 19.6 Å². The van der Waals surface area contributed by atoms with Crippen LogP contribution in [-0.2, 0) is 4.74 Å². The number of methoxy groups -OCH3 is 1. The number of carbonyl (C=O) groups is 1. The van der Waals surface area contributed by atoms with Gasteiger partial charge < -0.3 is 0 Å². The molecule has 0 fully saturated rings. The Hall–Kier alpha value is -0.891. The molecule has 0 atom stereocenters. The SMILES string of the molecule is COC/C=C/[Se]C(=O)c1ccccc1. The van der Waals surface area contributed by atoms with Crippen LogP contribution < -0.4 is 0 Å². The molecule has 0 bridgehead atoms. The predicted molar refractivity (Wildman–Crippen MR) is 57.5 cm³/mol. The number of carbonyl (C=O) groups excluding carboxylic acids is 1. The maximum atomic E-state index is 11.5. The zero-order chi connectivity index (χ0) is 10.2. The van der Waals surface area contributed by atoms with Crippen molar-refractivity contribution in [3.63, 3.8) is 0 Å². The average Bonchev–Trinajstić information content (AvgIpc) is 2.25. The van der Waals surface area contributed by atoms with Crippen molar-refractivity contribution in [1.82, 2.24) is 0 Å². The van der Waals surface area contributed by atoms with Crippen molar-refractivity contribution in [1.29, 1.82) is 0 Å². The van der Waals surface area contributed by atoms with Crippen LogP contribution >= 0.6 is 0 Å². The van der Waals surface area contributed by atoms with Gasteiger partial charge in [0.25, 0.3) is 0 Å². The standard InChI is InChI=1S/C11H12O2Se/c1-13-8-5-9-14-11(12)10-6-3-2-4-7-10/h2-7,9H,8H2,1H3/b9-5+. The molecule has 1 aromatic carbocycles. The van der Waals surface area contributed by atoms with E-state index in [0.717, 1.165) is 5.56 Å². The van der Waals surface area contributed by atoms with Gasteiger partial charge in [-0.05, 0) is 0 Å². The summed E-state index contributed by atoms with van der Waals surface area (Å²) in [4.78, 5) is 13.4. The molecule has 1 rings (SSSR count). The van der Waals surface area contributed by atoms with Crippen molar-refractivity contribution < 1.29 is 9.53 Å². The zero-order valence-corrected chi connectivity index (χ0v) is 9.69. The Morgan fingerprint density at radius 2 is 2.14 bits per heavy atom. The molecule has 74 valence electrons. The quantitative estimate of drug-likeness (QED) is 0.748. The monoisotopic (exact) mass is 256 g/mol. The molecule has 0 radical (unpaired) electrons. The third-order valence-electron chi connectivity index (χ3n) is 1.54. The Labute approximate surface area is 90.1 Å². The van der Waals surface area contributed by atoms with Crippen molar-refractivity contribution in [2.45, 2.75) is 0 Å². The van der Waals surface area contributed by atoms with Gasteiger partial charge in [-0.15, -0.1) is 0 Å². The van der Waals surface area contributed by atoms with E-state index >= 15 is 0 Å². The molecule has 0 unspecified atom stereocenters. The molecular formula is C11H12O2Se. The summed E-state index contributed by atoms with van der Waals surface area (Å²) in [5.41, 5.74) is 0.787. The van der Waals surface area contributed by atoms with Crippen LogP contribution in [0.4, 0.5) is 0 Å². The Kier molecular flexibility index (Phi) is 5.23. The number of hydrogen-bond donors (Lipinski definition) is 0. The van der Waals surface area contributed by atoms with Crippen LogP contribution in [0.3, 0.4) is 0 Å². The molecule has 0 aliphatic carbocycles. The van der Waals surface area contributed by atoms with E-state index in [1.165, 1.54) is 0 Å².